The van der Waals surface area contributed by atoms with Gasteiger partial charge in [-0.05, 0) is 16.7 Å². The Morgan fingerprint density at radius 3 is 2.54 bits per heavy atom. The van der Waals surface area contributed by atoms with Crippen LogP contribution in [-0.2, 0) is 11.9 Å². The second kappa shape index (κ2) is 7.86. The molecule has 4 rings (SSSR count). The third kappa shape index (κ3) is 3.77. The zero-order valence-electron chi connectivity index (χ0n) is 15.3. The number of benzene rings is 2. The molecule has 1 atom stereocenters. The third-order valence-electron chi connectivity index (χ3n) is 4.66. The maximum atomic E-state index is 11.8. The van der Waals surface area contributed by atoms with Crippen molar-refractivity contribution in [2.75, 3.05) is 11.9 Å². The van der Waals surface area contributed by atoms with Crippen LogP contribution in [0.15, 0.2) is 70.7 Å². The van der Waals surface area contributed by atoms with Gasteiger partial charge in [-0.2, -0.15) is 5.10 Å². The summed E-state index contributed by atoms with van der Waals surface area (Å²) in [6, 6.07) is 18.5. The minimum Gasteiger partial charge on any atom is -0.390 e. The van der Waals surface area contributed by atoms with Crippen LogP contribution in [0.25, 0.3) is 11.1 Å². The summed E-state index contributed by atoms with van der Waals surface area (Å²) in [4.78, 5) is 17.4. The normalized spacial score (nSPS) is 15.8. The molecule has 1 aliphatic rings. The molecule has 0 radical (unpaired) electrons. The molecular formula is C21H19ClN4O2. The van der Waals surface area contributed by atoms with Crippen LogP contribution in [0.2, 0.25) is 5.02 Å². The highest BCUT2D eigenvalue weighted by molar-refractivity contribution is 6.32. The van der Waals surface area contributed by atoms with Crippen LogP contribution >= 0.6 is 11.6 Å². The fourth-order valence-electron chi connectivity index (χ4n) is 3.05. The first-order chi connectivity index (χ1) is 13.6. The summed E-state index contributed by atoms with van der Waals surface area (Å²) in [6.45, 7) is 0.476. The van der Waals surface area contributed by atoms with Crippen LogP contribution in [0.3, 0.4) is 0 Å². The second-order valence-electron chi connectivity index (χ2n) is 6.59. The zero-order valence-corrected chi connectivity index (χ0v) is 16.1. The molecule has 0 aliphatic carbocycles. The maximum Gasteiger partial charge on any atom is 0.287 e. The van der Waals surface area contributed by atoms with E-state index in [-0.39, 0.29) is 16.7 Å². The number of hydrogen-bond acceptors (Lipinski definition) is 5. The molecule has 0 bridgehead atoms. The van der Waals surface area contributed by atoms with Gasteiger partial charge in [-0.25, -0.2) is 4.68 Å². The second-order valence-corrected chi connectivity index (χ2v) is 6.97. The Morgan fingerprint density at radius 1 is 1.11 bits per heavy atom. The molecule has 3 aromatic rings. The van der Waals surface area contributed by atoms with Gasteiger partial charge in [-0.1, -0.05) is 71.4 Å². The standard InChI is InChI=1S/C21H19ClN4O2/c1-26-21(27)20(22)19(13-24-26)23-12-17-11-18(25-28-17)16-9-7-15(8-10-16)14-5-3-2-4-6-14/h2-10,13,17,23H,11-12H2,1H3/t17-/m0/s1. The van der Waals surface area contributed by atoms with Crippen LogP contribution in [0, 0.1) is 0 Å². The molecule has 0 saturated carbocycles. The van der Waals surface area contributed by atoms with Crippen LogP contribution in [0.4, 0.5) is 5.69 Å². The van der Waals surface area contributed by atoms with Gasteiger partial charge in [0.2, 0.25) is 0 Å². The van der Waals surface area contributed by atoms with E-state index in [1.807, 2.05) is 18.2 Å². The summed E-state index contributed by atoms with van der Waals surface area (Å²) in [7, 11) is 1.56. The van der Waals surface area contributed by atoms with Crippen LogP contribution in [0.5, 0.6) is 0 Å². The third-order valence-corrected chi connectivity index (χ3v) is 5.02. The molecule has 0 spiro atoms. The number of anilines is 1. The number of aromatic nitrogens is 2. The molecule has 0 saturated heterocycles. The molecule has 0 amide bonds. The monoisotopic (exact) mass is 394 g/mol. The molecule has 1 aromatic heterocycles. The molecule has 0 unspecified atom stereocenters. The van der Waals surface area contributed by atoms with Crippen LogP contribution in [0.1, 0.15) is 12.0 Å². The molecule has 7 heteroatoms. The highest BCUT2D eigenvalue weighted by atomic mass is 35.5. The lowest BCUT2D eigenvalue weighted by Crippen LogP contribution is -2.24. The minimum atomic E-state index is -0.338. The Kier molecular flexibility index (Phi) is 5.12. The van der Waals surface area contributed by atoms with E-state index >= 15 is 0 Å². The number of aryl methyl sites for hydroxylation is 1. The molecule has 2 heterocycles. The first kappa shape index (κ1) is 18.3. The largest absolute Gasteiger partial charge is 0.390 e. The van der Waals surface area contributed by atoms with Crippen LogP contribution in [-0.4, -0.2) is 28.1 Å². The van der Waals surface area contributed by atoms with E-state index < -0.39 is 0 Å². The van der Waals surface area contributed by atoms with Crippen molar-refractivity contribution in [1.29, 1.82) is 0 Å². The fourth-order valence-corrected chi connectivity index (χ4v) is 3.29. The highest BCUT2D eigenvalue weighted by Crippen LogP contribution is 2.23. The number of oxime groups is 1. The Balaban J connectivity index is 1.38. The molecule has 6 nitrogen and oxygen atoms in total. The number of hydrogen-bond donors (Lipinski definition) is 1. The smallest absolute Gasteiger partial charge is 0.287 e. The molecule has 28 heavy (non-hydrogen) atoms. The zero-order chi connectivity index (χ0) is 19.5. The van der Waals surface area contributed by atoms with E-state index in [2.05, 4.69) is 52.0 Å². The van der Waals surface area contributed by atoms with E-state index in [1.54, 1.807) is 7.05 Å². The lowest BCUT2D eigenvalue weighted by molar-refractivity contribution is 0.0949. The predicted octanol–water partition coefficient (Wildman–Crippen LogP) is 3.71. The average molecular weight is 395 g/mol. The van der Waals surface area contributed by atoms with Crippen molar-refractivity contribution >= 4 is 23.0 Å². The summed E-state index contributed by atoms with van der Waals surface area (Å²) >= 11 is 6.07. The summed E-state index contributed by atoms with van der Waals surface area (Å²) in [5, 5.41) is 11.4. The van der Waals surface area contributed by atoms with Gasteiger partial charge in [0.05, 0.1) is 24.1 Å². The molecule has 1 N–H and O–H groups in total. The van der Waals surface area contributed by atoms with Crippen molar-refractivity contribution in [3.05, 3.63) is 81.7 Å². The van der Waals surface area contributed by atoms with Gasteiger partial charge < -0.3 is 10.2 Å². The molecule has 2 aromatic carbocycles. The minimum absolute atomic E-state index is 0.119. The Bertz CT molecular complexity index is 1060. The lowest BCUT2D eigenvalue weighted by Gasteiger charge is -2.12. The van der Waals surface area contributed by atoms with Crippen molar-refractivity contribution < 1.29 is 4.84 Å². The average Bonchev–Trinajstić information content (AvgIpc) is 3.21. The summed E-state index contributed by atoms with van der Waals surface area (Å²) in [5.41, 5.74) is 4.44. The number of halogens is 1. The van der Waals surface area contributed by atoms with E-state index in [9.17, 15) is 4.79 Å². The van der Waals surface area contributed by atoms with Crippen molar-refractivity contribution in [2.24, 2.45) is 12.2 Å². The molecule has 142 valence electrons. The van der Waals surface area contributed by atoms with Gasteiger partial charge in [-0.3, -0.25) is 4.79 Å². The van der Waals surface area contributed by atoms with Crippen molar-refractivity contribution in [3.63, 3.8) is 0 Å². The first-order valence-corrected chi connectivity index (χ1v) is 9.34. The van der Waals surface area contributed by atoms with E-state index in [0.29, 0.717) is 18.7 Å². The number of nitrogens with zero attached hydrogens (tertiary/aromatic N) is 3. The van der Waals surface area contributed by atoms with Gasteiger partial charge in [0.25, 0.3) is 5.56 Å². The Labute approximate surface area is 167 Å². The van der Waals surface area contributed by atoms with Crippen molar-refractivity contribution in [1.82, 2.24) is 9.78 Å². The van der Waals surface area contributed by atoms with Crippen molar-refractivity contribution in [3.8, 4) is 11.1 Å². The summed E-state index contributed by atoms with van der Waals surface area (Å²) in [6.07, 6.45) is 2.07. The topological polar surface area (TPSA) is 68.5 Å². The molecule has 0 fully saturated rings. The lowest BCUT2D eigenvalue weighted by atomic mass is 10.00. The number of nitrogens with one attached hydrogen (secondary N) is 1. The summed E-state index contributed by atoms with van der Waals surface area (Å²) in [5.74, 6) is 0. The quantitative estimate of drug-likeness (QED) is 0.716. The predicted molar refractivity (Wildman–Crippen MR) is 111 cm³/mol. The molecule has 1 aliphatic heterocycles. The maximum absolute atomic E-state index is 11.8. The van der Waals surface area contributed by atoms with E-state index in [1.165, 1.54) is 16.4 Å². The van der Waals surface area contributed by atoms with E-state index in [0.717, 1.165) is 16.8 Å². The molecular weight excluding hydrogens is 376 g/mol. The van der Waals surface area contributed by atoms with Crippen LogP contribution < -0.4 is 10.9 Å². The highest BCUT2D eigenvalue weighted by Gasteiger charge is 2.22. The van der Waals surface area contributed by atoms with E-state index in [4.69, 9.17) is 16.4 Å². The summed E-state index contributed by atoms with van der Waals surface area (Å²) < 4.78 is 1.19. The van der Waals surface area contributed by atoms with Gasteiger partial charge in [-0.15, -0.1) is 0 Å². The van der Waals surface area contributed by atoms with Gasteiger partial charge in [0.1, 0.15) is 11.1 Å². The SMILES string of the molecule is Cn1ncc(NC[C@@H]2CC(c3ccc(-c4ccccc4)cc3)=NO2)c(Cl)c1=O. The van der Waals surface area contributed by atoms with Gasteiger partial charge in [0, 0.05) is 13.5 Å². The fraction of sp³-hybridized carbons (Fsp3) is 0.190. The number of rotatable bonds is 5. The van der Waals surface area contributed by atoms with Gasteiger partial charge in [0.15, 0.2) is 0 Å². The Morgan fingerprint density at radius 2 is 1.79 bits per heavy atom. The Hall–Kier alpha value is -3.12. The first-order valence-electron chi connectivity index (χ1n) is 8.96. The van der Waals surface area contributed by atoms with Crippen molar-refractivity contribution in [2.45, 2.75) is 12.5 Å². The van der Waals surface area contributed by atoms with Gasteiger partial charge >= 0.3 is 0 Å².